The Hall–Kier alpha value is -0.0800. The van der Waals surface area contributed by atoms with E-state index in [2.05, 4.69) is 0 Å². The lowest BCUT2D eigenvalue weighted by molar-refractivity contribution is 0.0763. The zero-order valence-corrected chi connectivity index (χ0v) is 6.31. The molecular formula is C7H16NO. The molecule has 0 spiro atoms. The van der Waals surface area contributed by atoms with E-state index in [9.17, 15) is 0 Å². The molecule has 0 aliphatic heterocycles. The molecule has 1 radical (unpaired) electrons. The Kier molecular flexibility index (Phi) is 5.99. The van der Waals surface area contributed by atoms with Gasteiger partial charge in [0.25, 0.3) is 0 Å². The van der Waals surface area contributed by atoms with E-state index in [1.807, 2.05) is 13.8 Å². The van der Waals surface area contributed by atoms with Crippen LogP contribution in [0.25, 0.3) is 0 Å². The SMILES string of the molecule is CC(C)OCCCC[NH]. The minimum absolute atomic E-state index is 0.343. The van der Waals surface area contributed by atoms with E-state index in [1.54, 1.807) is 0 Å². The second kappa shape index (κ2) is 6.05. The van der Waals surface area contributed by atoms with Crippen LogP contribution in [0.5, 0.6) is 0 Å². The molecule has 0 aromatic carbocycles. The van der Waals surface area contributed by atoms with Crippen molar-refractivity contribution in [1.82, 2.24) is 5.73 Å². The molecule has 0 aliphatic carbocycles. The zero-order chi connectivity index (χ0) is 7.11. The second-order valence-corrected chi connectivity index (χ2v) is 2.38. The van der Waals surface area contributed by atoms with E-state index in [0.717, 1.165) is 19.4 Å². The summed E-state index contributed by atoms with van der Waals surface area (Å²) < 4.78 is 5.26. The molecule has 0 fully saturated rings. The van der Waals surface area contributed by atoms with Crippen molar-refractivity contribution in [2.75, 3.05) is 13.2 Å². The fourth-order valence-corrected chi connectivity index (χ4v) is 0.546. The van der Waals surface area contributed by atoms with Gasteiger partial charge in [-0.05, 0) is 26.7 Å². The van der Waals surface area contributed by atoms with Crippen LogP contribution < -0.4 is 5.73 Å². The average molecular weight is 130 g/mol. The van der Waals surface area contributed by atoms with Gasteiger partial charge in [-0.2, -0.15) is 0 Å². The molecule has 0 saturated heterocycles. The maximum atomic E-state index is 6.83. The van der Waals surface area contributed by atoms with Crippen LogP contribution in [0.15, 0.2) is 0 Å². The average Bonchev–Trinajstić information content (AvgIpc) is 1.80. The summed E-state index contributed by atoms with van der Waals surface area (Å²) in [7, 11) is 0. The molecule has 2 nitrogen and oxygen atoms in total. The summed E-state index contributed by atoms with van der Waals surface area (Å²) in [6.45, 7) is 5.40. The molecule has 0 aromatic rings. The normalized spacial score (nSPS) is 10.7. The second-order valence-electron chi connectivity index (χ2n) is 2.38. The maximum Gasteiger partial charge on any atom is 0.0518 e. The van der Waals surface area contributed by atoms with E-state index < -0.39 is 0 Å². The van der Waals surface area contributed by atoms with Crippen LogP contribution in [0.4, 0.5) is 0 Å². The van der Waals surface area contributed by atoms with Crippen LogP contribution >= 0.6 is 0 Å². The lowest BCUT2D eigenvalue weighted by atomic mass is 10.3. The smallest absolute Gasteiger partial charge is 0.0518 e. The topological polar surface area (TPSA) is 33.0 Å². The molecule has 0 bridgehead atoms. The highest BCUT2D eigenvalue weighted by Crippen LogP contribution is 1.92. The van der Waals surface area contributed by atoms with Crippen LogP contribution in [-0.2, 0) is 4.74 Å². The first-order chi connectivity index (χ1) is 4.27. The Labute approximate surface area is 57.4 Å². The van der Waals surface area contributed by atoms with Crippen molar-refractivity contribution in [1.29, 1.82) is 0 Å². The van der Waals surface area contributed by atoms with Crippen molar-refractivity contribution in [2.45, 2.75) is 32.8 Å². The maximum absolute atomic E-state index is 6.83. The first kappa shape index (κ1) is 8.92. The van der Waals surface area contributed by atoms with Crippen molar-refractivity contribution in [3.05, 3.63) is 0 Å². The first-order valence-corrected chi connectivity index (χ1v) is 3.53. The van der Waals surface area contributed by atoms with Gasteiger partial charge in [0.1, 0.15) is 0 Å². The van der Waals surface area contributed by atoms with Gasteiger partial charge in [-0.1, -0.05) is 0 Å². The monoisotopic (exact) mass is 130 g/mol. The molecule has 0 aromatic heterocycles. The van der Waals surface area contributed by atoms with Gasteiger partial charge in [-0.25, -0.2) is 0 Å². The third-order valence-electron chi connectivity index (χ3n) is 1.02. The van der Waals surface area contributed by atoms with Crippen LogP contribution in [0.3, 0.4) is 0 Å². The van der Waals surface area contributed by atoms with Crippen molar-refractivity contribution in [3.8, 4) is 0 Å². The van der Waals surface area contributed by atoms with Crippen molar-refractivity contribution in [3.63, 3.8) is 0 Å². The highest BCUT2D eigenvalue weighted by atomic mass is 16.5. The Morgan fingerprint density at radius 1 is 1.33 bits per heavy atom. The van der Waals surface area contributed by atoms with Crippen LogP contribution in [0, 0.1) is 0 Å². The highest BCUT2D eigenvalue weighted by molar-refractivity contribution is 4.40. The number of hydrogen-bond donors (Lipinski definition) is 0. The molecule has 0 heterocycles. The number of rotatable bonds is 5. The fraction of sp³-hybridized carbons (Fsp3) is 1.00. The Morgan fingerprint density at radius 3 is 2.44 bits per heavy atom. The minimum atomic E-state index is 0.343. The van der Waals surface area contributed by atoms with Gasteiger partial charge >= 0.3 is 0 Å². The number of ether oxygens (including phenoxy) is 1. The fourth-order valence-electron chi connectivity index (χ4n) is 0.546. The Balaban J connectivity index is 2.75. The van der Waals surface area contributed by atoms with Crippen molar-refractivity contribution < 1.29 is 4.74 Å². The van der Waals surface area contributed by atoms with Gasteiger partial charge in [0.15, 0.2) is 0 Å². The molecule has 0 amide bonds. The molecule has 0 atom stereocenters. The minimum Gasteiger partial charge on any atom is -0.379 e. The molecule has 0 rings (SSSR count). The largest absolute Gasteiger partial charge is 0.379 e. The Morgan fingerprint density at radius 2 is 2.00 bits per heavy atom. The van der Waals surface area contributed by atoms with Gasteiger partial charge in [0.05, 0.1) is 6.10 Å². The lowest BCUT2D eigenvalue weighted by Gasteiger charge is -2.05. The van der Waals surface area contributed by atoms with E-state index in [1.165, 1.54) is 0 Å². The molecule has 0 aliphatic rings. The van der Waals surface area contributed by atoms with E-state index in [4.69, 9.17) is 10.5 Å². The molecule has 2 heteroatoms. The van der Waals surface area contributed by atoms with Crippen molar-refractivity contribution in [2.24, 2.45) is 0 Å². The summed E-state index contributed by atoms with van der Waals surface area (Å²) in [5.74, 6) is 0. The predicted octanol–water partition coefficient (Wildman–Crippen LogP) is 1.47. The van der Waals surface area contributed by atoms with Gasteiger partial charge in [0.2, 0.25) is 0 Å². The van der Waals surface area contributed by atoms with Crippen LogP contribution in [0.1, 0.15) is 26.7 Å². The zero-order valence-electron chi connectivity index (χ0n) is 6.31. The summed E-state index contributed by atoms with van der Waals surface area (Å²) in [6.07, 6.45) is 2.34. The molecule has 0 unspecified atom stereocenters. The highest BCUT2D eigenvalue weighted by Gasteiger charge is 1.90. The van der Waals surface area contributed by atoms with Gasteiger partial charge in [-0.3, -0.25) is 5.73 Å². The Bertz CT molecular complexity index is 54.9. The predicted molar refractivity (Wildman–Crippen MR) is 38.3 cm³/mol. The first-order valence-electron chi connectivity index (χ1n) is 3.53. The summed E-state index contributed by atoms with van der Waals surface area (Å²) in [5.41, 5.74) is 6.83. The summed E-state index contributed by atoms with van der Waals surface area (Å²) in [6, 6.07) is 0. The molecular weight excluding hydrogens is 114 g/mol. The van der Waals surface area contributed by atoms with Crippen LogP contribution in [0.2, 0.25) is 0 Å². The standard InChI is InChI=1S/C7H16NO/c1-7(2)9-6-4-3-5-8/h7-8H,3-6H2,1-2H3. The van der Waals surface area contributed by atoms with Gasteiger partial charge in [0, 0.05) is 13.2 Å². The third kappa shape index (κ3) is 7.92. The van der Waals surface area contributed by atoms with E-state index >= 15 is 0 Å². The number of unbranched alkanes of at least 4 members (excludes halogenated alkanes) is 1. The summed E-state index contributed by atoms with van der Waals surface area (Å²) in [4.78, 5) is 0. The number of nitrogens with one attached hydrogen (secondary N) is 1. The van der Waals surface area contributed by atoms with Crippen LogP contribution in [-0.4, -0.2) is 19.3 Å². The quantitative estimate of drug-likeness (QED) is 0.519. The summed E-state index contributed by atoms with van der Waals surface area (Å²) in [5, 5.41) is 0. The third-order valence-corrected chi connectivity index (χ3v) is 1.02. The van der Waals surface area contributed by atoms with E-state index in [0.29, 0.717) is 12.6 Å². The lowest BCUT2D eigenvalue weighted by Crippen LogP contribution is -2.04. The molecule has 9 heavy (non-hydrogen) atoms. The molecule has 55 valence electrons. The summed E-state index contributed by atoms with van der Waals surface area (Å²) >= 11 is 0. The van der Waals surface area contributed by atoms with Gasteiger partial charge in [-0.15, -0.1) is 0 Å². The number of hydrogen-bond acceptors (Lipinski definition) is 1. The molecule has 0 saturated carbocycles. The van der Waals surface area contributed by atoms with E-state index in [-0.39, 0.29) is 0 Å². The molecule has 1 N–H and O–H groups in total. The van der Waals surface area contributed by atoms with Gasteiger partial charge < -0.3 is 4.74 Å². The van der Waals surface area contributed by atoms with Crippen molar-refractivity contribution >= 4 is 0 Å².